The molecule has 3 aromatic carbocycles. The van der Waals surface area contributed by atoms with E-state index in [0.717, 1.165) is 30.3 Å². The predicted molar refractivity (Wildman–Crippen MR) is 153 cm³/mol. The Hall–Kier alpha value is -3.56. The summed E-state index contributed by atoms with van der Waals surface area (Å²) in [6.45, 7) is 9.34. The predicted octanol–water partition coefficient (Wildman–Crippen LogP) is 5.57. The van der Waals surface area contributed by atoms with Crippen molar-refractivity contribution in [2.45, 2.75) is 51.3 Å². The number of nitrogens with one attached hydrogen (secondary N) is 1. The third-order valence-electron chi connectivity index (χ3n) is 8.12. The lowest BCUT2D eigenvalue weighted by molar-refractivity contribution is -0.145. The molecule has 0 aromatic heterocycles. The van der Waals surface area contributed by atoms with Crippen LogP contribution in [0.4, 0.5) is 13.2 Å². The second-order valence-corrected chi connectivity index (χ2v) is 12.3. The van der Waals surface area contributed by atoms with Gasteiger partial charge in [-0.3, -0.25) is 4.90 Å². The number of benzene rings is 3. The molecule has 1 saturated heterocycles. The number of piperidine rings is 1. The molecule has 1 saturated carbocycles. The van der Waals surface area contributed by atoms with Crippen LogP contribution < -0.4 is 14.8 Å². The zero-order valence-electron chi connectivity index (χ0n) is 24.1. The number of carboxylic acid groups (broad SMARTS) is 1. The first-order valence-electron chi connectivity index (χ1n) is 14.3. The Morgan fingerprint density at radius 1 is 0.952 bits per heavy atom. The van der Waals surface area contributed by atoms with Gasteiger partial charge in [0.05, 0.1) is 0 Å². The summed E-state index contributed by atoms with van der Waals surface area (Å²) in [5.74, 6) is -1.80. The second-order valence-electron chi connectivity index (χ2n) is 12.3. The summed E-state index contributed by atoms with van der Waals surface area (Å²) >= 11 is 0. The maximum atomic E-state index is 14.0. The standard InChI is InChI=1S/C33H37F3N2O4/c1-33(2,3)22-6-10-24(11-7-22)42-30(32(39)40)14-20-4-8-23(9-5-20)41-13-12-37-31-25-18-38(19-26(25)31)17-21-15-28(35)29(36)16-27(21)34/h4-11,15-16,25-26,30-31,37H,12-14,17-19H2,1-3H3,(H,39,40)/t25-,26+,30-,31+/m0/s1. The number of ether oxygens (including phenoxy) is 2. The summed E-state index contributed by atoms with van der Waals surface area (Å²) in [6.07, 6.45) is -0.783. The Morgan fingerprint density at radius 3 is 2.19 bits per heavy atom. The van der Waals surface area contributed by atoms with Crippen molar-refractivity contribution in [3.05, 3.63) is 94.8 Å². The van der Waals surface area contributed by atoms with Crippen molar-refractivity contribution >= 4 is 5.97 Å². The molecular formula is C33H37F3N2O4. The van der Waals surface area contributed by atoms with E-state index >= 15 is 0 Å². The number of likely N-dealkylation sites (tertiary alicyclic amines) is 1. The van der Waals surface area contributed by atoms with E-state index in [0.29, 0.717) is 48.6 Å². The van der Waals surface area contributed by atoms with Crippen molar-refractivity contribution in [1.29, 1.82) is 0 Å². The Bertz CT molecular complexity index is 1380. The average molecular weight is 583 g/mol. The molecule has 224 valence electrons. The summed E-state index contributed by atoms with van der Waals surface area (Å²) in [4.78, 5) is 13.9. The topological polar surface area (TPSA) is 71.0 Å². The van der Waals surface area contributed by atoms with Crippen LogP contribution in [-0.4, -0.2) is 54.4 Å². The highest BCUT2D eigenvalue weighted by Gasteiger charge is 2.55. The first kappa shape index (κ1) is 29.9. The van der Waals surface area contributed by atoms with Crippen molar-refractivity contribution < 1.29 is 32.5 Å². The average Bonchev–Trinajstić information content (AvgIpc) is 3.39. The van der Waals surface area contributed by atoms with Crippen LogP contribution in [0.1, 0.15) is 37.5 Å². The molecule has 0 bridgehead atoms. The summed E-state index contributed by atoms with van der Waals surface area (Å²) < 4.78 is 52.2. The van der Waals surface area contributed by atoms with Crippen LogP contribution in [-0.2, 0) is 23.2 Å². The molecule has 2 N–H and O–H groups in total. The third-order valence-corrected chi connectivity index (χ3v) is 8.12. The fourth-order valence-corrected chi connectivity index (χ4v) is 5.68. The SMILES string of the molecule is CC(C)(C)c1ccc(O[C@@H](Cc2ccc(OCCN[C@H]3[C@@H]4CN(Cc5cc(F)c(F)cc5F)C[C@@H]43)cc2)C(=O)O)cc1. The Balaban J connectivity index is 1.01. The van der Waals surface area contributed by atoms with Crippen LogP contribution in [0.3, 0.4) is 0 Å². The molecule has 0 spiro atoms. The van der Waals surface area contributed by atoms with Gasteiger partial charge < -0.3 is 19.9 Å². The van der Waals surface area contributed by atoms with Gasteiger partial charge in [-0.15, -0.1) is 0 Å². The fourth-order valence-electron chi connectivity index (χ4n) is 5.68. The van der Waals surface area contributed by atoms with Crippen molar-refractivity contribution in [2.24, 2.45) is 11.8 Å². The van der Waals surface area contributed by atoms with Gasteiger partial charge in [-0.05, 0) is 58.7 Å². The molecule has 0 amide bonds. The summed E-state index contributed by atoms with van der Waals surface area (Å²) in [5.41, 5.74) is 2.16. The van der Waals surface area contributed by atoms with Crippen LogP contribution in [0.15, 0.2) is 60.7 Å². The first-order valence-corrected chi connectivity index (χ1v) is 14.3. The maximum Gasteiger partial charge on any atom is 0.345 e. The van der Waals surface area contributed by atoms with Gasteiger partial charge in [-0.1, -0.05) is 45.0 Å². The molecule has 5 rings (SSSR count). The van der Waals surface area contributed by atoms with Crippen LogP contribution in [0.2, 0.25) is 0 Å². The first-order chi connectivity index (χ1) is 20.0. The van der Waals surface area contributed by atoms with Gasteiger partial charge in [-0.25, -0.2) is 18.0 Å². The number of fused-ring (bicyclic) bond motifs is 1. The van der Waals surface area contributed by atoms with Crippen LogP contribution in [0, 0.1) is 29.3 Å². The quantitative estimate of drug-likeness (QED) is 0.215. The number of rotatable bonds is 12. The van der Waals surface area contributed by atoms with E-state index in [4.69, 9.17) is 9.47 Å². The van der Waals surface area contributed by atoms with Gasteiger partial charge in [0.15, 0.2) is 17.7 Å². The van der Waals surface area contributed by atoms with Gasteiger partial charge >= 0.3 is 5.97 Å². The lowest BCUT2D eigenvalue weighted by Gasteiger charge is -2.20. The smallest absolute Gasteiger partial charge is 0.345 e. The van der Waals surface area contributed by atoms with Gasteiger partial charge in [0.25, 0.3) is 0 Å². The number of carboxylic acids is 1. The van der Waals surface area contributed by atoms with E-state index in [1.54, 1.807) is 0 Å². The highest BCUT2D eigenvalue weighted by atomic mass is 19.2. The van der Waals surface area contributed by atoms with E-state index in [1.165, 1.54) is 0 Å². The highest BCUT2D eigenvalue weighted by Crippen LogP contribution is 2.45. The monoisotopic (exact) mass is 582 g/mol. The molecule has 42 heavy (non-hydrogen) atoms. The Labute approximate surface area is 244 Å². The Kier molecular flexibility index (Phi) is 8.80. The van der Waals surface area contributed by atoms with E-state index < -0.39 is 29.5 Å². The van der Waals surface area contributed by atoms with Gasteiger partial charge in [0.1, 0.15) is 23.9 Å². The molecule has 4 atom stereocenters. The molecule has 3 aromatic rings. The van der Waals surface area contributed by atoms with Gasteiger partial charge in [-0.2, -0.15) is 0 Å². The number of halogens is 3. The maximum absolute atomic E-state index is 14.0. The number of hydrogen-bond acceptors (Lipinski definition) is 5. The molecule has 2 fully saturated rings. The highest BCUT2D eigenvalue weighted by molar-refractivity contribution is 5.73. The molecule has 0 radical (unpaired) electrons. The third kappa shape index (κ3) is 7.25. The van der Waals surface area contributed by atoms with Crippen LogP contribution in [0.25, 0.3) is 0 Å². The molecule has 0 unspecified atom stereocenters. The lowest BCUT2D eigenvalue weighted by atomic mass is 9.87. The normalized spacial score (nSPS) is 20.7. The molecule has 1 aliphatic heterocycles. The second kappa shape index (κ2) is 12.4. The molecule has 9 heteroatoms. The largest absolute Gasteiger partial charge is 0.492 e. The van der Waals surface area contributed by atoms with Crippen LogP contribution in [0.5, 0.6) is 11.5 Å². The molecular weight excluding hydrogens is 545 g/mol. The van der Waals surface area contributed by atoms with Gasteiger partial charge in [0, 0.05) is 50.3 Å². The number of carbonyl (C=O) groups is 1. The number of hydrogen-bond donors (Lipinski definition) is 2. The number of nitrogens with zero attached hydrogens (tertiary/aromatic N) is 1. The Morgan fingerprint density at radius 2 is 1.57 bits per heavy atom. The van der Waals surface area contributed by atoms with Crippen molar-refractivity contribution in [1.82, 2.24) is 10.2 Å². The van der Waals surface area contributed by atoms with Crippen molar-refractivity contribution in [3.63, 3.8) is 0 Å². The molecule has 6 nitrogen and oxygen atoms in total. The van der Waals surface area contributed by atoms with E-state index in [2.05, 4.69) is 31.0 Å². The number of aliphatic carboxylic acids is 1. The van der Waals surface area contributed by atoms with E-state index in [1.807, 2.05) is 48.5 Å². The summed E-state index contributed by atoms with van der Waals surface area (Å²) in [5, 5.41) is 13.2. The van der Waals surface area contributed by atoms with Crippen molar-refractivity contribution in [2.75, 3.05) is 26.2 Å². The van der Waals surface area contributed by atoms with E-state index in [-0.39, 0.29) is 23.9 Å². The lowest BCUT2D eigenvalue weighted by Crippen LogP contribution is -2.33. The fraction of sp³-hybridized carbons (Fsp3) is 0.424. The summed E-state index contributed by atoms with van der Waals surface area (Å²) in [7, 11) is 0. The van der Waals surface area contributed by atoms with Crippen LogP contribution >= 0.6 is 0 Å². The minimum atomic E-state index is -1.17. The molecule has 1 aliphatic carbocycles. The zero-order valence-corrected chi connectivity index (χ0v) is 24.1. The van der Waals surface area contributed by atoms with Crippen molar-refractivity contribution in [3.8, 4) is 11.5 Å². The van der Waals surface area contributed by atoms with E-state index in [9.17, 15) is 23.1 Å². The molecule has 1 heterocycles. The molecule has 2 aliphatic rings. The minimum Gasteiger partial charge on any atom is -0.492 e. The zero-order chi connectivity index (χ0) is 30.0. The minimum absolute atomic E-state index is 0.00309. The van der Waals surface area contributed by atoms with Gasteiger partial charge in [0.2, 0.25) is 0 Å². The summed E-state index contributed by atoms with van der Waals surface area (Å²) in [6, 6.07) is 16.8.